The summed E-state index contributed by atoms with van der Waals surface area (Å²) in [4.78, 5) is 4.53. The molecule has 1 heterocycles. The molecular formula is C24H31N3O3S. The molecule has 3 aromatic rings. The van der Waals surface area contributed by atoms with Gasteiger partial charge >= 0.3 is 0 Å². The van der Waals surface area contributed by atoms with Crippen molar-refractivity contribution < 1.29 is 12.8 Å². The predicted molar refractivity (Wildman–Crippen MR) is 127 cm³/mol. The summed E-state index contributed by atoms with van der Waals surface area (Å²) >= 11 is 0. The third-order valence-electron chi connectivity index (χ3n) is 5.27. The van der Waals surface area contributed by atoms with E-state index in [2.05, 4.69) is 56.2 Å². The van der Waals surface area contributed by atoms with Crippen molar-refractivity contribution in [3.63, 3.8) is 0 Å². The molecule has 6 nitrogen and oxygen atoms in total. The second-order valence-electron chi connectivity index (χ2n) is 8.33. The highest BCUT2D eigenvalue weighted by Crippen LogP contribution is 2.35. The van der Waals surface area contributed by atoms with Crippen molar-refractivity contribution >= 4 is 21.5 Å². The molecule has 0 aliphatic carbocycles. The molecule has 0 fully saturated rings. The van der Waals surface area contributed by atoms with E-state index in [0.717, 1.165) is 21.8 Å². The molecule has 0 aliphatic heterocycles. The number of benzene rings is 2. The topological polar surface area (TPSA) is 75.4 Å². The number of nitrogens with one attached hydrogen (secondary N) is 1. The van der Waals surface area contributed by atoms with Crippen LogP contribution in [-0.4, -0.2) is 26.7 Å². The van der Waals surface area contributed by atoms with Gasteiger partial charge in [0, 0.05) is 18.3 Å². The van der Waals surface area contributed by atoms with E-state index >= 15 is 0 Å². The first-order valence-electron chi connectivity index (χ1n) is 10.4. The molecule has 31 heavy (non-hydrogen) atoms. The van der Waals surface area contributed by atoms with Gasteiger partial charge in [0.15, 0.2) is 11.6 Å². The summed E-state index contributed by atoms with van der Waals surface area (Å²) < 4.78 is 31.6. The van der Waals surface area contributed by atoms with E-state index in [-0.39, 0.29) is 5.82 Å². The van der Waals surface area contributed by atoms with E-state index < -0.39 is 10.0 Å². The smallest absolute Gasteiger partial charge is 0.233 e. The van der Waals surface area contributed by atoms with Crippen molar-refractivity contribution in [2.24, 2.45) is 0 Å². The minimum atomic E-state index is -3.49. The van der Waals surface area contributed by atoms with Gasteiger partial charge < -0.3 is 9.73 Å². The van der Waals surface area contributed by atoms with Gasteiger partial charge in [-0.1, -0.05) is 76.2 Å². The van der Waals surface area contributed by atoms with Gasteiger partial charge in [-0.05, 0) is 23.0 Å². The maximum atomic E-state index is 12.2. The average molecular weight is 442 g/mol. The van der Waals surface area contributed by atoms with Gasteiger partial charge in [-0.3, -0.25) is 4.31 Å². The molecule has 0 radical (unpaired) electrons. The molecule has 0 spiro atoms. The fourth-order valence-electron chi connectivity index (χ4n) is 3.50. The number of aromatic nitrogens is 1. The fraction of sp³-hybridized carbons (Fsp3) is 0.375. The second-order valence-corrected chi connectivity index (χ2v) is 10.3. The van der Waals surface area contributed by atoms with Gasteiger partial charge in [-0.2, -0.15) is 4.98 Å². The lowest BCUT2D eigenvalue weighted by molar-refractivity contribution is 0.515. The van der Waals surface area contributed by atoms with Crippen LogP contribution in [0.2, 0.25) is 0 Å². The minimum absolute atomic E-state index is 0.284. The van der Waals surface area contributed by atoms with Gasteiger partial charge in [-0.15, -0.1) is 0 Å². The molecule has 166 valence electrons. The van der Waals surface area contributed by atoms with Crippen LogP contribution in [-0.2, 0) is 16.6 Å². The number of anilines is 2. The number of sulfonamides is 1. The Morgan fingerprint density at radius 2 is 1.55 bits per heavy atom. The molecule has 3 rings (SSSR count). The zero-order valence-electron chi connectivity index (χ0n) is 19.0. The van der Waals surface area contributed by atoms with Crippen molar-refractivity contribution in [2.45, 2.75) is 46.1 Å². The first-order chi connectivity index (χ1) is 14.6. The van der Waals surface area contributed by atoms with Crippen LogP contribution in [0.3, 0.4) is 0 Å². The van der Waals surface area contributed by atoms with Gasteiger partial charge in [0.25, 0.3) is 0 Å². The Labute approximate surface area is 185 Å². The molecule has 0 saturated heterocycles. The molecule has 0 bridgehead atoms. The number of hydrogen-bond donors (Lipinski definition) is 1. The monoisotopic (exact) mass is 441 g/mol. The van der Waals surface area contributed by atoms with Gasteiger partial charge in [-0.25, -0.2) is 8.42 Å². The van der Waals surface area contributed by atoms with E-state index in [4.69, 9.17) is 4.42 Å². The molecule has 0 atom stereocenters. The quantitative estimate of drug-likeness (QED) is 0.493. The maximum Gasteiger partial charge on any atom is 0.233 e. The van der Waals surface area contributed by atoms with Gasteiger partial charge in [0.1, 0.15) is 0 Å². The first-order valence-corrected chi connectivity index (χ1v) is 12.3. The molecule has 0 aliphatic rings. The van der Waals surface area contributed by atoms with E-state index in [9.17, 15) is 8.42 Å². The van der Waals surface area contributed by atoms with Crippen molar-refractivity contribution in [3.05, 3.63) is 65.5 Å². The van der Waals surface area contributed by atoms with Crippen molar-refractivity contribution in [1.82, 2.24) is 4.98 Å². The Kier molecular flexibility index (Phi) is 6.74. The first kappa shape index (κ1) is 22.9. The number of hydrogen-bond acceptors (Lipinski definition) is 5. The fourth-order valence-corrected chi connectivity index (χ4v) is 3.94. The van der Waals surface area contributed by atoms with Crippen LogP contribution in [0.4, 0.5) is 11.5 Å². The van der Waals surface area contributed by atoms with Crippen LogP contribution in [0.5, 0.6) is 0 Å². The number of rotatable bonds is 8. The lowest BCUT2D eigenvalue weighted by atomic mass is 9.92. The normalized spacial score (nSPS) is 11.9. The highest BCUT2D eigenvalue weighted by molar-refractivity contribution is 7.92. The van der Waals surface area contributed by atoms with Crippen LogP contribution in [0.15, 0.2) is 52.9 Å². The standard InChI is InChI=1S/C24H31N3O3S/c1-16(2)19-13-10-14-20(17(3)4)22(19)25-15-21-26-24(27(5)31(6,28)29)23(30-21)18-11-8-7-9-12-18/h7-14,16-17,25H,15H2,1-6H3. The van der Waals surface area contributed by atoms with E-state index in [1.165, 1.54) is 18.2 Å². The third kappa shape index (κ3) is 5.10. The van der Waals surface area contributed by atoms with Crippen molar-refractivity contribution in [3.8, 4) is 11.3 Å². The van der Waals surface area contributed by atoms with E-state index in [1.54, 1.807) is 0 Å². The number of oxazole rings is 1. The summed E-state index contributed by atoms with van der Waals surface area (Å²) in [7, 11) is -2.00. The molecular weight excluding hydrogens is 410 g/mol. The molecule has 0 amide bonds. The van der Waals surface area contributed by atoms with Crippen LogP contribution in [0.25, 0.3) is 11.3 Å². The lowest BCUT2D eigenvalue weighted by Crippen LogP contribution is -2.25. The highest BCUT2D eigenvalue weighted by atomic mass is 32.2. The van der Waals surface area contributed by atoms with E-state index in [0.29, 0.717) is 30.0 Å². The van der Waals surface area contributed by atoms with Crippen molar-refractivity contribution in [2.75, 3.05) is 22.9 Å². The SMILES string of the molecule is CC(C)c1cccc(C(C)C)c1NCc1nc(N(C)S(C)(=O)=O)c(-c2ccccc2)o1. The summed E-state index contributed by atoms with van der Waals surface area (Å²) in [5.41, 5.74) is 4.33. The summed E-state index contributed by atoms with van der Waals surface area (Å²) in [5, 5.41) is 3.51. The molecule has 2 aromatic carbocycles. The number of nitrogens with zero attached hydrogens (tertiary/aromatic N) is 2. The summed E-state index contributed by atoms with van der Waals surface area (Å²) in [6.07, 6.45) is 1.15. The van der Waals surface area contributed by atoms with E-state index in [1.807, 2.05) is 30.3 Å². The largest absolute Gasteiger partial charge is 0.436 e. The Morgan fingerprint density at radius 3 is 2.06 bits per heavy atom. The Balaban J connectivity index is 2.00. The summed E-state index contributed by atoms with van der Waals surface area (Å²) in [6.45, 7) is 9.02. The van der Waals surface area contributed by atoms with Crippen LogP contribution < -0.4 is 9.62 Å². The molecule has 0 unspecified atom stereocenters. The molecule has 1 aromatic heterocycles. The lowest BCUT2D eigenvalue weighted by Gasteiger charge is -2.20. The minimum Gasteiger partial charge on any atom is -0.436 e. The summed E-state index contributed by atoms with van der Waals surface area (Å²) in [6, 6.07) is 15.8. The van der Waals surface area contributed by atoms with Crippen molar-refractivity contribution in [1.29, 1.82) is 0 Å². The van der Waals surface area contributed by atoms with Crippen LogP contribution in [0.1, 0.15) is 56.5 Å². The molecule has 7 heteroatoms. The predicted octanol–water partition coefficient (Wildman–Crippen LogP) is 5.60. The average Bonchev–Trinajstić information content (AvgIpc) is 3.15. The van der Waals surface area contributed by atoms with Gasteiger partial charge in [0.2, 0.25) is 15.9 Å². The Morgan fingerprint density at radius 1 is 0.968 bits per heavy atom. The van der Waals surface area contributed by atoms with Gasteiger partial charge in [0.05, 0.1) is 12.8 Å². The number of para-hydroxylation sites is 1. The molecule has 0 saturated carbocycles. The molecule has 1 N–H and O–H groups in total. The second kappa shape index (κ2) is 9.14. The zero-order valence-corrected chi connectivity index (χ0v) is 19.8. The zero-order chi connectivity index (χ0) is 22.8. The Hall–Kier alpha value is -2.80. The van der Waals surface area contributed by atoms with Crippen LogP contribution in [0, 0.1) is 0 Å². The Bertz CT molecular complexity index is 1110. The maximum absolute atomic E-state index is 12.2. The highest BCUT2D eigenvalue weighted by Gasteiger charge is 2.24. The summed E-state index contributed by atoms with van der Waals surface area (Å²) in [5.74, 6) is 1.87. The third-order valence-corrected chi connectivity index (χ3v) is 6.44. The van der Waals surface area contributed by atoms with Crippen LogP contribution >= 0.6 is 0 Å².